The van der Waals surface area contributed by atoms with Gasteiger partial charge in [0.15, 0.2) is 0 Å². The van der Waals surface area contributed by atoms with E-state index in [9.17, 15) is 0 Å². The second-order valence-corrected chi connectivity index (χ2v) is 14.3. The Hall–Kier alpha value is 0.343. The molecule has 0 amide bonds. The fraction of sp³-hybridized carbons (Fsp3) is 0.815. The summed E-state index contributed by atoms with van der Waals surface area (Å²) < 4.78 is 5.76. The molecule has 6 heteroatoms. The molecule has 1 aromatic rings. The third kappa shape index (κ3) is 8.46. The normalized spacial score (nSPS) is 26.6. The van der Waals surface area contributed by atoms with E-state index >= 15 is 0 Å². The predicted octanol–water partition coefficient (Wildman–Crippen LogP) is 7.55. The van der Waals surface area contributed by atoms with E-state index in [1.54, 1.807) is 47.6 Å². The van der Waals surface area contributed by atoms with Gasteiger partial charge in [-0.25, -0.2) is 0 Å². The van der Waals surface area contributed by atoms with Crippen molar-refractivity contribution >= 4 is 12.4 Å². The summed E-state index contributed by atoms with van der Waals surface area (Å²) in [6.45, 7) is 14.2. The molecule has 0 heterocycles. The average molecular weight is 554 g/mol. The quantitative estimate of drug-likeness (QED) is 0.268. The van der Waals surface area contributed by atoms with Crippen molar-refractivity contribution in [3.63, 3.8) is 0 Å². The summed E-state index contributed by atoms with van der Waals surface area (Å²) in [4.78, 5) is 0. The van der Waals surface area contributed by atoms with Gasteiger partial charge in [0.05, 0.1) is 5.54 Å². The molecule has 188 valence electrons. The molecule has 0 saturated heterocycles. The van der Waals surface area contributed by atoms with E-state index in [0.29, 0.717) is 5.54 Å². The molecular formula is C27H51N4PZr. The van der Waals surface area contributed by atoms with Crippen molar-refractivity contribution in [2.75, 3.05) is 55.6 Å². The Kier molecular flexibility index (Phi) is 14.9. The number of hydrogen-bond acceptors (Lipinski definition) is 1. The van der Waals surface area contributed by atoms with E-state index in [1.165, 1.54) is 60.8 Å². The monoisotopic (exact) mass is 552 g/mol. The van der Waals surface area contributed by atoms with Crippen LogP contribution in [0.1, 0.15) is 60.8 Å². The minimum atomic E-state index is -1.40. The zero-order valence-electron chi connectivity index (χ0n) is 23.7. The van der Waals surface area contributed by atoms with Crippen LogP contribution >= 0.6 is 7.05 Å². The number of rotatable bonds is 2. The Morgan fingerprint density at radius 3 is 1.24 bits per heavy atom. The summed E-state index contributed by atoms with van der Waals surface area (Å²) in [7, 11) is 9.10. The molecule has 0 radical (unpaired) electrons. The SMILES string of the molecule is C[N-]C.C[N-]C.C[N-]C.Cc1c(C)c(C)[c-](P(C)(C)=NC23CC4CC(CC(C4)C2)C3)c1C.[Zr+4]. The topological polar surface area (TPSA) is 54.7 Å². The minimum Gasteiger partial charge on any atom is -0.668 e. The summed E-state index contributed by atoms with van der Waals surface area (Å²) in [6, 6.07) is 0. The van der Waals surface area contributed by atoms with Crippen LogP contribution in [0.25, 0.3) is 16.0 Å². The Balaban J connectivity index is 0.000000896. The second-order valence-electron chi connectivity index (χ2n) is 10.8. The van der Waals surface area contributed by atoms with Gasteiger partial charge in [-0.1, -0.05) is 34.7 Å². The van der Waals surface area contributed by atoms with Gasteiger partial charge in [-0.3, -0.25) is 0 Å². The van der Waals surface area contributed by atoms with Crippen LogP contribution in [0, 0.1) is 45.4 Å². The van der Waals surface area contributed by atoms with Crippen molar-refractivity contribution in [1.82, 2.24) is 0 Å². The maximum atomic E-state index is 5.76. The van der Waals surface area contributed by atoms with Crippen molar-refractivity contribution in [2.24, 2.45) is 22.5 Å². The molecule has 1 aromatic carbocycles. The molecule has 0 aromatic heterocycles. The van der Waals surface area contributed by atoms with Crippen LogP contribution in [-0.4, -0.2) is 61.2 Å². The van der Waals surface area contributed by atoms with E-state index in [-0.39, 0.29) is 26.2 Å². The van der Waals surface area contributed by atoms with E-state index in [2.05, 4.69) is 57.0 Å². The van der Waals surface area contributed by atoms with Crippen molar-refractivity contribution in [2.45, 2.75) is 71.8 Å². The average Bonchev–Trinajstić information content (AvgIpc) is 2.85. The molecule has 4 saturated carbocycles. The molecule has 4 fully saturated rings. The Bertz CT molecular complexity index is 697. The van der Waals surface area contributed by atoms with Gasteiger partial charge in [-0.05, 0) is 69.6 Å². The molecular weight excluding hydrogens is 503 g/mol. The maximum Gasteiger partial charge on any atom is 4.00 e. The maximum absolute atomic E-state index is 5.76. The molecule has 5 rings (SSSR count). The van der Waals surface area contributed by atoms with E-state index < -0.39 is 7.05 Å². The summed E-state index contributed by atoms with van der Waals surface area (Å²) in [5, 5.41) is 12.1. The summed E-state index contributed by atoms with van der Waals surface area (Å²) in [6.07, 6.45) is 8.75. The molecule has 4 bridgehead atoms. The van der Waals surface area contributed by atoms with Crippen molar-refractivity contribution < 1.29 is 26.2 Å². The van der Waals surface area contributed by atoms with Crippen LogP contribution in [-0.2, 0) is 26.2 Å². The first-order valence-electron chi connectivity index (χ1n) is 12.2. The zero-order valence-corrected chi connectivity index (χ0v) is 27.1. The van der Waals surface area contributed by atoms with Crippen LogP contribution in [0.2, 0.25) is 0 Å². The number of hydrogen-bond donors (Lipinski definition) is 0. The molecule has 33 heavy (non-hydrogen) atoms. The fourth-order valence-electron chi connectivity index (χ4n) is 6.79. The zero-order chi connectivity index (χ0) is 24.7. The Morgan fingerprint density at radius 1 is 0.697 bits per heavy atom. The van der Waals surface area contributed by atoms with Gasteiger partial charge in [0.25, 0.3) is 0 Å². The van der Waals surface area contributed by atoms with Crippen LogP contribution in [0.3, 0.4) is 0 Å². The van der Waals surface area contributed by atoms with Gasteiger partial charge in [-0.2, -0.15) is 64.5 Å². The van der Waals surface area contributed by atoms with Gasteiger partial charge in [0, 0.05) is 0 Å². The van der Waals surface area contributed by atoms with Gasteiger partial charge < -0.3 is 20.7 Å². The third-order valence-corrected chi connectivity index (χ3v) is 10.1. The fourth-order valence-corrected chi connectivity index (χ4v) is 10.2. The van der Waals surface area contributed by atoms with E-state index in [1.807, 2.05) is 0 Å². The summed E-state index contributed by atoms with van der Waals surface area (Å²) >= 11 is 0. The Labute approximate surface area is 225 Å². The molecule has 4 nitrogen and oxygen atoms in total. The molecule has 0 aliphatic heterocycles. The smallest absolute Gasteiger partial charge is 0.668 e. The van der Waals surface area contributed by atoms with Crippen molar-refractivity contribution in [3.05, 3.63) is 38.2 Å². The standard InChI is InChI=1S/C21H33NP.3C2H6N.Zr/c1-13-14(2)16(4)20(15(13)3)23(5,6)22-21-10-17-7-18(11-21)9-19(8-17)12-21;3*1-3-2;/h17-19H,7-12H2,1-6H3;3*1-2H3;/q4*-1;+4. The van der Waals surface area contributed by atoms with Gasteiger partial charge in [0.2, 0.25) is 0 Å². The van der Waals surface area contributed by atoms with Crippen LogP contribution in [0.15, 0.2) is 4.74 Å². The van der Waals surface area contributed by atoms with E-state index in [0.717, 1.165) is 17.8 Å². The molecule has 4 aliphatic carbocycles. The first-order chi connectivity index (χ1) is 14.9. The molecule has 0 N–H and O–H groups in total. The van der Waals surface area contributed by atoms with Crippen LogP contribution < -0.4 is 5.30 Å². The molecule has 0 unspecified atom stereocenters. The minimum absolute atomic E-state index is 0. The summed E-state index contributed by atoms with van der Waals surface area (Å²) in [5.74, 6) is 2.99. The predicted molar refractivity (Wildman–Crippen MR) is 148 cm³/mol. The molecule has 4 aliphatic rings. The third-order valence-electron chi connectivity index (χ3n) is 7.41. The summed E-state index contributed by atoms with van der Waals surface area (Å²) in [5.41, 5.74) is 6.43. The molecule has 0 spiro atoms. The first-order valence-corrected chi connectivity index (χ1v) is 14.8. The van der Waals surface area contributed by atoms with Crippen LogP contribution in [0.4, 0.5) is 0 Å². The van der Waals surface area contributed by atoms with Gasteiger partial charge in [0.1, 0.15) is 0 Å². The van der Waals surface area contributed by atoms with Gasteiger partial charge >= 0.3 is 26.2 Å². The second kappa shape index (κ2) is 14.8. The Morgan fingerprint density at radius 2 is 0.970 bits per heavy atom. The van der Waals surface area contributed by atoms with Gasteiger partial charge in [-0.15, -0.1) is 5.30 Å². The molecule has 0 atom stereocenters. The number of nitrogens with zero attached hydrogens (tertiary/aromatic N) is 4. The van der Waals surface area contributed by atoms with E-state index in [4.69, 9.17) is 4.74 Å². The van der Waals surface area contributed by atoms with Crippen LogP contribution in [0.5, 0.6) is 0 Å². The first kappa shape index (κ1) is 33.3. The van der Waals surface area contributed by atoms with Crippen molar-refractivity contribution in [1.29, 1.82) is 0 Å². The largest absolute Gasteiger partial charge is 4.00 e. The van der Waals surface area contributed by atoms with Crippen molar-refractivity contribution in [3.8, 4) is 0 Å².